The topological polar surface area (TPSA) is 98.0 Å². The number of sulfone groups is 1. The lowest BCUT2D eigenvalue weighted by Crippen LogP contribution is -2.38. The molecule has 0 amide bonds. The number of rotatable bonds is 5. The van der Waals surface area contributed by atoms with Crippen molar-refractivity contribution in [3.63, 3.8) is 0 Å². The van der Waals surface area contributed by atoms with Crippen molar-refractivity contribution in [3.8, 4) is 0 Å². The smallest absolute Gasteiger partial charge is 0.150 e. The lowest BCUT2D eigenvalue weighted by Gasteiger charge is -2.33. The van der Waals surface area contributed by atoms with Gasteiger partial charge in [-0.05, 0) is 43.1 Å². The van der Waals surface area contributed by atoms with Gasteiger partial charge in [0.25, 0.3) is 0 Å². The van der Waals surface area contributed by atoms with Gasteiger partial charge in [-0.3, -0.25) is 11.3 Å². The second kappa shape index (κ2) is 6.46. The molecule has 2 rings (SSSR count). The first kappa shape index (κ1) is 15.8. The van der Waals surface area contributed by atoms with E-state index in [1.165, 1.54) is 17.8 Å². The van der Waals surface area contributed by atoms with Crippen LogP contribution in [0, 0.1) is 5.92 Å². The third-order valence-corrected chi connectivity index (χ3v) is 6.61. The van der Waals surface area contributed by atoms with Crippen LogP contribution in [0.2, 0.25) is 0 Å². The molecule has 0 saturated heterocycles. The summed E-state index contributed by atoms with van der Waals surface area (Å²) in [5.74, 6) is 5.95. The van der Waals surface area contributed by atoms with Gasteiger partial charge < -0.3 is 0 Å². The van der Waals surface area contributed by atoms with Crippen molar-refractivity contribution in [2.75, 3.05) is 6.26 Å². The van der Waals surface area contributed by atoms with Crippen LogP contribution in [0.5, 0.6) is 0 Å². The fourth-order valence-electron chi connectivity index (χ4n) is 3.00. The number of nitrogens with zero attached hydrogens (tertiary/aromatic N) is 2. The van der Waals surface area contributed by atoms with Gasteiger partial charge in [0.1, 0.15) is 9.84 Å². The summed E-state index contributed by atoms with van der Waals surface area (Å²) in [4.78, 5) is 1.05. The predicted octanol–water partition coefficient (Wildman–Crippen LogP) is 1.21. The molecule has 0 aromatic carbocycles. The van der Waals surface area contributed by atoms with E-state index in [1.807, 2.05) is 6.92 Å². The molecule has 0 aliphatic heterocycles. The van der Waals surface area contributed by atoms with Gasteiger partial charge in [0.15, 0.2) is 0 Å². The van der Waals surface area contributed by atoms with E-state index in [1.54, 1.807) is 0 Å². The summed E-state index contributed by atoms with van der Waals surface area (Å²) in [5, 5.41) is 3.87. The molecule has 20 heavy (non-hydrogen) atoms. The van der Waals surface area contributed by atoms with Crippen molar-refractivity contribution in [1.82, 2.24) is 15.0 Å². The molecule has 114 valence electrons. The van der Waals surface area contributed by atoms with Gasteiger partial charge >= 0.3 is 0 Å². The number of aryl methyl sites for hydroxylation is 1. The minimum absolute atomic E-state index is 0.0468. The van der Waals surface area contributed by atoms with Crippen molar-refractivity contribution in [2.24, 2.45) is 11.8 Å². The van der Waals surface area contributed by atoms with Crippen molar-refractivity contribution in [3.05, 3.63) is 10.6 Å². The van der Waals surface area contributed by atoms with Crippen LogP contribution in [0.1, 0.15) is 49.2 Å². The lowest BCUT2D eigenvalue weighted by atomic mass is 9.83. The molecule has 1 saturated carbocycles. The Morgan fingerprint density at radius 3 is 2.85 bits per heavy atom. The van der Waals surface area contributed by atoms with E-state index in [9.17, 15) is 8.42 Å². The summed E-state index contributed by atoms with van der Waals surface area (Å²) in [6.07, 6.45) is 5.47. The average Bonchev–Trinajstić information content (AvgIpc) is 2.87. The molecule has 0 bridgehead atoms. The molecule has 3 atom stereocenters. The summed E-state index contributed by atoms with van der Waals surface area (Å²) in [6.45, 7) is 2.04. The Bertz CT molecular complexity index is 543. The standard InChI is InChI=1S/C12H22N4O2S2/c1-3-10-12(19-16-15-10)11(14-13)8-5-4-6-9(7-8)20(2,17)18/h8-9,11,14H,3-7,13H2,1-2H3. The van der Waals surface area contributed by atoms with Crippen molar-refractivity contribution in [1.29, 1.82) is 0 Å². The zero-order chi connectivity index (χ0) is 14.8. The van der Waals surface area contributed by atoms with Gasteiger partial charge in [-0.25, -0.2) is 8.42 Å². The van der Waals surface area contributed by atoms with Crippen LogP contribution < -0.4 is 11.3 Å². The Kier molecular flexibility index (Phi) is 5.11. The van der Waals surface area contributed by atoms with Gasteiger partial charge in [-0.1, -0.05) is 17.8 Å². The minimum atomic E-state index is -2.98. The Balaban J connectivity index is 2.19. The molecular weight excluding hydrogens is 296 g/mol. The highest BCUT2D eigenvalue weighted by Crippen LogP contribution is 2.38. The first-order chi connectivity index (χ1) is 9.47. The molecule has 1 aliphatic rings. The Morgan fingerprint density at radius 2 is 2.25 bits per heavy atom. The van der Waals surface area contributed by atoms with Crippen molar-refractivity contribution < 1.29 is 8.42 Å². The SMILES string of the molecule is CCc1nnsc1C(NN)C1CCCC(S(C)(=O)=O)C1. The second-order valence-corrected chi connectivity index (χ2v) is 8.57. The third kappa shape index (κ3) is 3.36. The van der Waals surface area contributed by atoms with Crippen LogP contribution in [0.15, 0.2) is 0 Å². The van der Waals surface area contributed by atoms with Gasteiger partial charge in [-0.2, -0.15) is 0 Å². The summed E-state index contributed by atoms with van der Waals surface area (Å²) in [7, 11) is -2.98. The number of hydrogen-bond donors (Lipinski definition) is 2. The number of hydrazine groups is 1. The number of nitrogens with two attached hydrogens (primary N) is 1. The second-order valence-electron chi connectivity index (χ2n) is 5.46. The third-order valence-electron chi connectivity index (χ3n) is 4.13. The molecule has 1 heterocycles. The molecule has 1 aliphatic carbocycles. The Morgan fingerprint density at radius 1 is 1.50 bits per heavy atom. The molecular formula is C12H22N4O2S2. The highest BCUT2D eigenvalue weighted by molar-refractivity contribution is 7.91. The highest BCUT2D eigenvalue weighted by atomic mass is 32.2. The van der Waals surface area contributed by atoms with Crippen LogP contribution in [-0.2, 0) is 16.3 Å². The molecule has 0 spiro atoms. The maximum absolute atomic E-state index is 11.8. The maximum Gasteiger partial charge on any atom is 0.150 e. The molecule has 0 radical (unpaired) electrons. The molecule has 1 fully saturated rings. The summed E-state index contributed by atoms with van der Waals surface area (Å²) < 4.78 is 27.6. The van der Waals surface area contributed by atoms with Gasteiger partial charge in [-0.15, -0.1) is 5.10 Å². The van der Waals surface area contributed by atoms with E-state index in [4.69, 9.17) is 5.84 Å². The van der Waals surface area contributed by atoms with E-state index in [-0.39, 0.29) is 17.2 Å². The van der Waals surface area contributed by atoms with E-state index >= 15 is 0 Å². The molecule has 3 unspecified atom stereocenters. The van der Waals surface area contributed by atoms with Gasteiger partial charge in [0.05, 0.1) is 21.9 Å². The fraction of sp³-hybridized carbons (Fsp3) is 0.833. The molecule has 8 heteroatoms. The molecule has 1 aromatic rings. The van der Waals surface area contributed by atoms with Gasteiger partial charge in [0, 0.05) is 6.26 Å². The van der Waals surface area contributed by atoms with E-state index in [2.05, 4.69) is 15.0 Å². The first-order valence-corrected chi connectivity index (χ1v) is 9.66. The van der Waals surface area contributed by atoms with Crippen LogP contribution in [-0.4, -0.2) is 29.5 Å². The van der Waals surface area contributed by atoms with Crippen molar-refractivity contribution >= 4 is 21.4 Å². The zero-order valence-corrected chi connectivity index (χ0v) is 13.5. The highest BCUT2D eigenvalue weighted by Gasteiger charge is 2.35. The Hall–Kier alpha value is -0.570. The summed E-state index contributed by atoms with van der Waals surface area (Å²) in [6, 6.07) is -0.0468. The van der Waals surface area contributed by atoms with Crippen LogP contribution in [0.3, 0.4) is 0 Å². The molecule has 3 N–H and O–H groups in total. The van der Waals surface area contributed by atoms with Crippen LogP contribution in [0.4, 0.5) is 0 Å². The number of hydrogen-bond acceptors (Lipinski definition) is 7. The number of nitrogens with one attached hydrogen (secondary N) is 1. The quantitative estimate of drug-likeness (QED) is 0.625. The molecule has 1 aromatic heterocycles. The lowest BCUT2D eigenvalue weighted by molar-refractivity contribution is 0.276. The van der Waals surface area contributed by atoms with E-state index in [0.717, 1.165) is 36.3 Å². The predicted molar refractivity (Wildman–Crippen MR) is 79.9 cm³/mol. The average molecular weight is 318 g/mol. The van der Waals surface area contributed by atoms with Crippen LogP contribution >= 0.6 is 11.5 Å². The van der Waals surface area contributed by atoms with Gasteiger partial charge in [0.2, 0.25) is 0 Å². The maximum atomic E-state index is 11.8. The van der Waals surface area contributed by atoms with E-state index in [0.29, 0.717) is 6.42 Å². The fourth-order valence-corrected chi connectivity index (χ4v) is 5.08. The number of aromatic nitrogens is 2. The summed E-state index contributed by atoms with van der Waals surface area (Å²) in [5.41, 5.74) is 3.81. The minimum Gasteiger partial charge on any atom is -0.271 e. The molecule has 6 nitrogen and oxygen atoms in total. The van der Waals surface area contributed by atoms with E-state index < -0.39 is 9.84 Å². The normalized spacial score (nSPS) is 25.6. The monoisotopic (exact) mass is 318 g/mol. The largest absolute Gasteiger partial charge is 0.271 e. The summed E-state index contributed by atoms with van der Waals surface area (Å²) >= 11 is 1.36. The van der Waals surface area contributed by atoms with Crippen LogP contribution in [0.25, 0.3) is 0 Å². The zero-order valence-electron chi connectivity index (χ0n) is 11.9. The first-order valence-electron chi connectivity index (χ1n) is 6.93. The Labute approximate surface area is 124 Å². The van der Waals surface area contributed by atoms with Crippen molar-refractivity contribution in [2.45, 2.75) is 50.3 Å².